The van der Waals surface area contributed by atoms with Gasteiger partial charge in [0.25, 0.3) is 0 Å². The van der Waals surface area contributed by atoms with Crippen LogP contribution >= 0.6 is 23.6 Å². The molecule has 0 aliphatic carbocycles. The van der Waals surface area contributed by atoms with Gasteiger partial charge >= 0.3 is 5.97 Å². The fraction of sp³-hybridized carbons (Fsp3) is 0.211. The first kappa shape index (κ1) is 19.1. The summed E-state index contributed by atoms with van der Waals surface area (Å²) in [4.78, 5) is 17.1. The van der Waals surface area contributed by atoms with Gasteiger partial charge in [-0.2, -0.15) is 0 Å². The van der Waals surface area contributed by atoms with Gasteiger partial charge in [-0.05, 0) is 30.3 Å². The molecule has 2 aromatic heterocycles. The number of methoxy groups -OCH3 is 1. The summed E-state index contributed by atoms with van der Waals surface area (Å²) in [7, 11) is 1.37. The van der Waals surface area contributed by atoms with Crippen LogP contribution in [0.5, 0.6) is 0 Å². The zero-order valence-electron chi connectivity index (χ0n) is 14.8. The van der Waals surface area contributed by atoms with Gasteiger partial charge in [0.15, 0.2) is 5.11 Å². The molecule has 0 amide bonds. The van der Waals surface area contributed by atoms with Crippen molar-refractivity contribution in [3.63, 3.8) is 0 Å². The van der Waals surface area contributed by atoms with Crippen molar-refractivity contribution in [1.82, 2.24) is 14.9 Å². The number of rotatable bonds is 7. The molecule has 0 bridgehead atoms. The summed E-state index contributed by atoms with van der Waals surface area (Å²) < 4.78 is 6.92. The molecule has 0 atom stereocenters. The van der Waals surface area contributed by atoms with E-state index in [-0.39, 0.29) is 5.97 Å². The molecule has 0 saturated carbocycles. The Labute approximate surface area is 167 Å². The lowest BCUT2D eigenvalue weighted by atomic mass is 10.1. The lowest BCUT2D eigenvalue weighted by Gasteiger charge is -2.10. The van der Waals surface area contributed by atoms with Gasteiger partial charge in [-0.1, -0.05) is 30.3 Å². The van der Waals surface area contributed by atoms with Crippen LogP contribution in [0.25, 0.3) is 10.4 Å². The van der Waals surface area contributed by atoms with Crippen molar-refractivity contribution in [3.05, 3.63) is 60.7 Å². The Balaban J connectivity index is 1.63. The quantitative estimate of drug-likeness (QED) is 0.357. The molecule has 0 fully saturated rings. The highest BCUT2D eigenvalue weighted by molar-refractivity contribution is 7.80. The van der Waals surface area contributed by atoms with Crippen LogP contribution in [-0.4, -0.2) is 34.3 Å². The second-order valence-corrected chi connectivity index (χ2v) is 7.21. The molecule has 3 aromatic rings. The number of benzene rings is 1. The molecule has 0 radical (unpaired) electrons. The van der Waals surface area contributed by atoms with E-state index in [1.807, 2.05) is 47.2 Å². The number of thiophene rings is 1. The topological polar surface area (TPSA) is 68.2 Å². The van der Waals surface area contributed by atoms with E-state index in [0.29, 0.717) is 22.2 Å². The lowest BCUT2D eigenvalue weighted by molar-refractivity contribution is 0.0602. The molecule has 0 spiro atoms. The summed E-state index contributed by atoms with van der Waals surface area (Å²) in [6, 6.07) is 11.7. The fourth-order valence-corrected chi connectivity index (χ4v) is 3.84. The maximum absolute atomic E-state index is 12.1. The summed E-state index contributed by atoms with van der Waals surface area (Å²) in [5.74, 6) is -0.390. The monoisotopic (exact) mass is 400 g/mol. The lowest BCUT2D eigenvalue weighted by Crippen LogP contribution is -2.30. The first-order valence-electron chi connectivity index (χ1n) is 8.45. The average molecular weight is 401 g/mol. The first-order valence-corrected chi connectivity index (χ1v) is 9.68. The Hall–Kier alpha value is -2.71. The van der Waals surface area contributed by atoms with Crippen molar-refractivity contribution in [3.8, 4) is 10.4 Å². The molecule has 8 heteroatoms. The number of hydrogen-bond donors (Lipinski definition) is 2. The highest BCUT2D eigenvalue weighted by Gasteiger charge is 2.18. The number of esters is 1. The van der Waals surface area contributed by atoms with E-state index in [2.05, 4.69) is 15.6 Å². The summed E-state index contributed by atoms with van der Waals surface area (Å²) >= 11 is 6.84. The summed E-state index contributed by atoms with van der Waals surface area (Å²) in [5, 5.41) is 7.45. The Morgan fingerprint density at radius 1 is 1.33 bits per heavy atom. The Morgan fingerprint density at radius 3 is 2.85 bits per heavy atom. The maximum Gasteiger partial charge on any atom is 0.340 e. The van der Waals surface area contributed by atoms with E-state index in [1.54, 1.807) is 12.5 Å². The van der Waals surface area contributed by atoms with Gasteiger partial charge in [-0.15, -0.1) is 11.3 Å². The van der Waals surface area contributed by atoms with Crippen molar-refractivity contribution < 1.29 is 9.53 Å². The minimum absolute atomic E-state index is 0.390. The summed E-state index contributed by atoms with van der Waals surface area (Å²) in [6.07, 6.45) is 6.38. The van der Waals surface area contributed by atoms with E-state index < -0.39 is 0 Å². The molecule has 2 heterocycles. The smallest absolute Gasteiger partial charge is 0.340 e. The van der Waals surface area contributed by atoms with Gasteiger partial charge in [0.05, 0.1) is 19.0 Å². The highest BCUT2D eigenvalue weighted by atomic mass is 32.1. The predicted molar refractivity (Wildman–Crippen MR) is 112 cm³/mol. The zero-order valence-corrected chi connectivity index (χ0v) is 16.5. The van der Waals surface area contributed by atoms with Gasteiger partial charge in [0, 0.05) is 30.4 Å². The third kappa shape index (κ3) is 5.15. The molecular weight excluding hydrogens is 380 g/mol. The highest BCUT2D eigenvalue weighted by Crippen LogP contribution is 2.35. The van der Waals surface area contributed by atoms with E-state index in [0.717, 1.165) is 23.4 Å². The average Bonchev–Trinajstić information content (AvgIpc) is 3.35. The number of nitrogens with one attached hydrogen (secondary N) is 2. The Morgan fingerprint density at radius 2 is 2.15 bits per heavy atom. The number of imidazole rings is 1. The maximum atomic E-state index is 12.1. The number of aromatic nitrogens is 2. The number of carbonyl (C=O) groups excluding carboxylic acids is 1. The van der Waals surface area contributed by atoms with Crippen LogP contribution in [-0.2, 0) is 11.3 Å². The van der Waals surface area contributed by atoms with Crippen molar-refractivity contribution in [2.24, 2.45) is 0 Å². The van der Waals surface area contributed by atoms with Crippen LogP contribution in [0, 0.1) is 0 Å². The SMILES string of the molecule is COC(=O)c1cc(-c2ccccc2)sc1NC(=S)NCCCn1ccnc1. The Kier molecular flexibility index (Phi) is 6.56. The Bertz CT molecular complexity index is 892. The van der Waals surface area contributed by atoms with Crippen LogP contribution in [0.3, 0.4) is 0 Å². The number of aryl methyl sites for hydroxylation is 1. The number of hydrogen-bond acceptors (Lipinski definition) is 5. The minimum Gasteiger partial charge on any atom is -0.465 e. The standard InChI is InChI=1S/C19H20N4O2S2/c1-25-18(24)15-12-16(14-6-3-2-4-7-14)27-17(15)22-19(26)21-8-5-10-23-11-9-20-13-23/h2-4,6-7,9,11-13H,5,8,10H2,1H3,(H2,21,22,26). The van der Waals surface area contributed by atoms with E-state index in [9.17, 15) is 4.79 Å². The molecular formula is C19H20N4O2S2. The van der Waals surface area contributed by atoms with Gasteiger partial charge in [0.2, 0.25) is 0 Å². The zero-order chi connectivity index (χ0) is 19.1. The van der Waals surface area contributed by atoms with Crippen LogP contribution in [0.15, 0.2) is 55.1 Å². The predicted octanol–water partition coefficient (Wildman–Crippen LogP) is 3.77. The van der Waals surface area contributed by atoms with Crippen molar-refractivity contribution in [2.75, 3.05) is 19.0 Å². The van der Waals surface area contributed by atoms with Crippen LogP contribution in [0.4, 0.5) is 5.00 Å². The van der Waals surface area contributed by atoms with E-state index >= 15 is 0 Å². The number of carbonyl (C=O) groups is 1. The third-order valence-corrected chi connectivity index (χ3v) is 5.21. The van der Waals surface area contributed by atoms with Crippen molar-refractivity contribution >= 4 is 39.6 Å². The number of ether oxygens (including phenoxy) is 1. The first-order chi connectivity index (χ1) is 13.2. The third-order valence-electron chi connectivity index (χ3n) is 3.86. The number of thiocarbonyl (C=S) groups is 1. The molecule has 6 nitrogen and oxygen atoms in total. The molecule has 2 N–H and O–H groups in total. The molecule has 140 valence electrons. The molecule has 0 aliphatic rings. The summed E-state index contributed by atoms with van der Waals surface area (Å²) in [6.45, 7) is 1.58. The second-order valence-electron chi connectivity index (χ2n) is 5.75. The number of nitrogens with zero attached hydrogens (tertiary/aromatic N) is 2. The second kappa shape index (κ2) is 9.29. The van der Waals surface area contributed by atoms with Crippen LogP contribution < -0.4 is 10.6 Å². The minimum atomic E-state index is -0.390. The molecule has 3 rings (SSSR count). The fourth-order valence-electron chi connectivity index (χ4n) is 2.52. The molecule has 0 aliphatic heterocycles. The largest absolute Gasteiger partial charge is 0.465 e. The normalized spacial score (nSPS) is 10.4. The molecule has 0 unspecified atom stereocenters. The van der Waals surface area contributed by atoms with Gasteiger partial charge in [0.1, 0.15) is 5.00 Å². The van der Waals surface area contributed by atoms with Gasteiger partial charge in [-0.3, -0.25) is 0 Å². The van der Waals surface area contributed by atoms with Gasteiger partial charge in [-0.25, -0.2) is 9.78 Å². The van der Waals surface area contributed by atoms with E-state index in [1.165, 1.54) is 18.4 Å². The van der Waals surface area contributed by atoms with Crippen LogP contribution in [0.2, 0.25) is 0 Å². The molecule has 1 aromatic carbocycles. The van der Waals surface area contributed by atoms with E-state index in [4.69, 9.17) is 17.0 Å². The van der Waals surface area contributed by atoms with Crippen LogP contribution in [0.1, 0.15) is 16.8 Å². The van der Waals surface area contributed by atoms with Crippen molar-refractivity contribution in [1.29, 1.82) is 0 Å². The molecule has 27 heavy (non-hydrogen) atoms. The molecule has 0 saturated heterocycles. The number of anilines is 1. The van der Waals surface area contributed by atoms with Crippen molar-refractivity contribution in [2.45, 2.75) is 13.0 Å². The van der Waals surface area contributed by atoms with Gasteiger partial charge < -0.3 is 19.9 Å². The summed E-state index contributed by atoms with van der Waals surface area (Å²) in [5.41, 5.74) is 1.52.